The average Bonchev–Trinajstić information content (AvgIpc) is 2.54. The minimum Gasteiger partial charge on any atom is -0.480 e. The third kappa shape index (κ3) is 1.38. The second kappa shape index (κ2) is 3.44. The number of carbonyl (C=O) groups excluding carboxylic acids is 2. The summed E-state index contributed by atoms with van der Waals surface area (Å²) in [5.74, 6) is -3.56. The van der Waals surface area contributed by atoms with Gasteiger partial charge in [-0.2, -0.15) is 4.98 Å². The van der Waals surface area contributed by atoms with Crippen LogP contribution in [0.1, 0.15) is 31.1 Å². The van der Waals surface area contributed by atoms with E-state index in [4.69, 9.17) is 15.6 Å². The third-order valence-electron chi connectivity index (χ3n) is 2.28. The van der Waals surface area contributed by atoms with E-state index in [-0.39, 0.29) is 22.8 Å². The van der Waals surface area contributed by atoms with Gasteiger partial charge in [-0.05, 0) is 0 Å². The van der Waals surface area contributed by atoms with Crippen molar-refractivity contribution in [1.29, 1.82) is 0 Å². The summed E-state index contributed by atoms with van der Waals surface area (Å²) >= 11 is 0. The Bertz CT molecular complexity index is 566. The Labute approximate surface area is 94.4 Å². The van der Waals surface area contributed by atoms with Crippen molar-refractivity contribution < 1.29 is 24.2 Å². The minimum absolute atomic E-state index is 0.229. The Morgan fingerprint density at radius 3 is 2.47 bits per heavy atom. The zero-order chi connectivity index (χ0) is 12.7. The van der Waals surface area contributed by atoms with Crippen molar-refractivity contribution >= 4 is 23.6 Å². The molecule has 1 aliphatic rings. The first-order valence-corrected chi connectivity index (χ1v) is 4.43. The highest BCUT2D eigenvalue weighted by Gasteiger charge is 2.37. The predicted molar refractivity (Wildman–Crippen MR) is 54.0 cm³/mol. The number of pyridine rings is 1. The van der Waals surface area contributed by atoms with Crippen LogP contribution in [0.4, 0.5) is 5.82 Å². The first-order chi connectivity index (χ1) is 7.97. The van der Waals surface area contributed by atoms with Crippen LogP contribution >= 0.6 is 0 Å². The lowest BCUT2D eigenvalue weighted by Gasteiger charge is -2.08. The summed E-state index contributed by atoms with van der Waals surface area (Å²) in [5.41, 5.74) is 4.46. The van der Waals surface area contributed by atoms with Gasteiger partial charge in [0.1, 0.15) is 11.4 Å². The number of ether oxygens (including phenoxy) is 1. The van der Waals surface area contributed by atoms with E-state index in [1.54, 1.807) is 0 Å². The maximum Gasteiger partial charge on any atom is 0.342 e. The van der Waals surface area contributed by atoms with Crippen LogP contribution in [0.15, 0.2) is 0 Å². The van der Waals surface area contributed by atoms with Crippen molar-refractivity contribution in [3.63, 3.8) is 0 Å². The number of carbonyl (C=O) groups is 3. The van der Waals surface area contributed by atoms with Gasteiger partial charge in [0.2, 0.25) is 5.88 Å². The van der Waals surface area contributed by atoms with Gasteiger partial charge in [0.05, 0.1) is 18.2 Å². The lowest BCUT2D eigenvalue weighted by atomic mass is 10.0. The Morgan fingerprint density at radius 2 is 1.94 bits per heavy atom. The number of fused-ring (bicyclic) bond motifs is 1. The molecule has 8 heteroatoms. The van der Waals surface area contributed by atoms with Crippen molar-refractivity contribution in [2.45, 2.75) is 0 Å². The Balaban J connectivity index is 2.87. The minimum atomic E-state index is -1.42. The molecule has 0 saturated heterocycles. The van der Waals surface area contributed by atoms with Crippen molar-refractivity contribution in [3.8, 4) is 5.88 Å². The van der Waals surface area contributed by atoms with Crippen molar-refractivity contribution in [1.82, 2.24) is 10.3 Å². The molecule has 2 heterocycles. The number of aromatic nitrogens is 1. The molecule has 1 aromatic heterocycles. The van der Waals surface area contributed by atoms with Gasteiger partial charge in [0, 0.05) is 0 Å². The van der Waals surface area contributed by atoms with Crippen molar-refractivity contribution in [2.24, 2.45) is 0 Å². The van der Waals surface area contributed by atoms with Crippen LogP contribution in [0, 0.1) is 0 Å². The third-order valence-corrected chi connectivity index (χ3v) is 2.28. The first-order valence-electron chi connectivity index (χ1n) is 4.43. The summed E-state index contributed by atoms with van der Waals surface area (Å²) in [6, 6.07) is 0. The molecule has 0 bridgehead atoms. The van der Waals surface area contributed by atoms with Crippen LogP contribution in [0.25, 0.3) is 0 Å². The number of anilines is 1. The molecule has 2 rings (SSSR count). The lowest BCUT2D eigenvalue weighted by Crippen LogP contribution is -2.20. The molecule has 0 radical (unpaired) electrons. The molecule has 0 spiro atoms. The van der Waals surface area contributed by atoms with Crippen molar-refractivity contribution in [3.05, 3.63) is 16.7 Å². The number of nitrogens with two attached hydrogens (primary N) is 1. The highest BCUT2D eigenvalue weighted by atomic mass is 16.5. The molecular formula is C9H7N3O5. The monoisotopic (exact) mass is 237 g/mol. The second-order valence-corrected chi connectivity index (χ2v) is 3.22. The lowest BCUT2D eigenvalue weighted by molar-refractivity contribution is 0.0686. The second-order valence-electron chi connectivity index (χ2n) is 3.22. The normalized spacial score (nSPS) is 13.2. The maximum atomic E-state index is 11.5. The van der Waals surface area contributed by atoms with E-state index in [1.165, 1.54) is 7.11 Å². The van der Waals surface area contributed by atoms with E-state index >= 15 is 0 Å². The van der Waals surface area contributed by atoms with Crippen LogP contribution in [0.2, 0.25) is 0 Å². The highest BCUT2D eigenvalue weighted by Crippen LogP contribution is 2.30. The maximum absolute atomic E-state index is 11.5. The average molecular weight is 237 g/mol. The molecule has 0 atom stereocenters. The fourth-order valence-corrected chi connectivity index (χ4v) is 1.61. The summed E-state index contributed by atoms with van der Waals surface area (Å²) in [4.78, 5) is 37.6. The van der Waals surface area contributed by atoms with Gasteiger partial charge in [-0.3, -0.25) is 14.9 Å². The summed E-state index contributed by atoms with van der Waals surface area (Å²) < 4.78 is 4.73. The fraction of sp³-hybridized carbons (Fsp3) is 0.111. The number of carboxylic acids is 1. The molecular weight excluding hydrogens is 230 g/mol. The smallest absolute Gasteiger partial charge is 0.342 e. The molecule has 0 saturated carbocycles. The molecule has 4 N–H and O–H groups in total. The van der Waals surface area contributed by atoms with Gasteiger partial charge >= 0.3 is 5.97 Å². The molecule has 0 unspecified atom stereocenters. The van der Waals surface area contributed by atoms with E-state index in [2.05, 4.69) is 4.98 Å². The SMILES string of the molecule is COc1nc(N)c2c(c1C(=O)O)C(=O)NC2=O. The molecule has 0 fully saturated rings. The van der Waals surface area contributed by atoms with Gasteiger partial charge in [-0.25, -0.2) is 4.79 Å². The van der Waals surface area contributed by atoms with Crippen LogP contribution in [-0.2, 0) is 0 Å². The molecule has 0 aromatic carbocycles. The summed E-state index contributed by atoms with van der Waals surface area (Å²) in [5, 5.41) is 11.0. The fourth-order valence-electron chi connectivity index (χ4n) is 1.61. The van der Waals surface area contributed by atoms with Gasteiger partial charge in [0.15, 0.2) is 0 Å². The van der Waals surface area contributed by atoms with Gasteiger partial charge in [0.25, 0.3) is 11.8 Å². The molecule has 1 aromatic rings. The number of nitrogens with one attached hydrogen (secondary N) is 1. The van der Waals surface area contributed by atoms with E-state index in [1.807, 2.05) is 5.32 Å². The number of imide groups is 1. The van der Waals surface area contributed by atoms with Gasteiger partial charge < -0.3 is 15.6 Å². The standard InChI is InChI=1S/C9H7N3O5/c1-17-8-4(9(15)16)2-3(5(10)11-8)7(14)12-6(2)13/h1H3,(H2,10,11)(H,15,16)(H,12,13,14). The molecule has 0 aliphatic carbocycles. The molecule has 1 aliphatic heterocycles. The van der Waals surface area contributed by atoms with E-state index in [9.17, 15) is 14.4 Å². The molecule has 2 amide bonds. The molecule has 8 nitrogen and oxygen atoms in total. The quantitative estimate of drug-likeness (QED) is 0.576. The van der Waals surface area contributed by atoms with E-state index < -0.39 is 23.3 Å². The number of nitrogen functional groups attached to an aromatic ring is 1. The van der Waals surface area contributed by atoms with E-state index in [0.717, 1.165) is 0 Å². The number of aromatic carboxylic acids is 1. The largest absolute Gasteiger partial charge is 0.480 e. The zero-order valence-corrected chi connectivity index (χ0v) is 8.60. The molecule has 17 heavy (non-hydrogen) atoms. The number of amides is 2. The van der Waals surface area contributed by atoms with Gasteiger partial charge in [-0.15, -0.1) is 0 Å². The van der Waals surface area contributed by atoms with E-state index in [0.29, 0.717) is 0 Å². The summed E-state index contributed by atoms with van der Waals surface area (Å²) in [6.45, 7) is 0. The Morgan fingerprint density at radius 1 is 1.35 bits per heavy atom. The van der Waals surface area contributed by atoms with Crippen LogP contribution in [0.5, 0.6) is 5.88 Å². The predicted octanol–water partition coefficient (Wildman–Crippen LogP) is -0.746. The number of rotatable bonds is 2. The summed E-state index contributed by atoms with van der Waals surface area (Å²) in [7, 11) is 1.19. The van der Waals surface area contributed by atoms with Crippen LogP contribution in [-0.4, -0.2) is 35.0 Å². The van der Waals surface area contributed by atoms with Crippen LogP contribution < -0.4 is 15.8 Å². The van der Waals surface area contributed by atoms with Crippen LogP contribution in [0.3, 0.4) is 0 Å². The first kappa shape index (κ1) is 10.9. The number of hydrogen-bond acceptors (Lipinski definition) is 6. The Hall–Kier alpha value is -2.64. The molecule has 88 valence electrons. The van der Waals surface area contributed by atoms with Gasteiger partial charge in [-0.1, -0.05) is 0 Å². The number of carboxylic acid groups (broad SMARTS) is 1. The number of hydrogen-bond donors (Lipinski definition) is 3. The number of nitrogens with zero attached hydrogens (tertiary/aromatic N) is 1. The number of methoxy groups -OCH3 is 1. The van der Waals surface area contributed by atoms with Crippen molar-refractivity contribution in [2.75, 3.05) is 12.8 Å². The zero-order valence-electron chi connectivity index (χ0n) is 8.60. The topological polar surface area (TPSA) is 132 Å². The highest BCUT2D eigenvalue weighted by molar-refractivity contribution is 6.26. The Kier molecular flexibility index (Phi) is 2.20. The summed E-state index contributed by atoms with van der Waals surface area (Å²) in [6.07, 6.45) is 0.